The van der Waals surface area contributed by atoms with Crippen LogP contribution >= 0.6 is 11.6 Å². The Morgan fingerprint density at radius 2 is 1.67 bits per heavy atom. The van der Waals surface area contributed by atoms with Crippen LogP contribution in [0.5, 0.6) is 0 Å². The highest BCUT2D eigenvalue weighted by atomic mass is 35.5. The second-order valence-electron chi connectivity index (χ2n) is 1.54. The molecular formula is C4H10ClN. The summed E-state index contributed by atoms with van der Waals surface area (Å²) in [7, 11) is 0. The number of halogens is 1. The van der Waals surface area contributed by atoms with Crippen LogP contribution in [-0.4, -0.2) is 11.4 Å². The molecule has 0 aromatic carbocycles. The van der Waals surface area contributed by atoms with Crippen LogP contribution in [0.4, 0.5) is 0 Å². The van der Waals surface area contributed by atoms with Crippen LogP contribution in [0.3, 0.4) is 0 Å². The fourth-order valence-electron chi connectivity index (χ4n) is 0. The van der Waals surface area contributed by atoms with Gasteiger partial charge in [-0.2, -0.15) is 0 Å². The summed E-state index contributed by atoms with van der Waals surface area (Å²) in [5.74, 6) is 0. The average Bonchev–Trinajstić information content (AvgIpc) is 1.36. The summed E-state index contributed by atoms with van der Waals surface area (Å²) in [4.78, 5) is 0. The van der Waals surface area contributed by atoms with Crippen molar-refractivity contribution in [1.29, 1.82) is 0 Å². The van der Waals surface area contributed by atoms with E-state index in [0.29, 0.717) is 0 Å². The van der Waals surface area contributed by atoms with Gasteiger partial charge in [-0.25, -0.2) is 0 Å². The Kier molecular flexibility index (Phi) is 2.53. The van der Waals surface area contributed by atoms with Gasteiger partial charge in [-0.05, 0) is 13.8 Å². The van der Waals surface area contributed by atoms with Crippen molar-refractivity contribution in [3.8, 4) is 0 Å². The Labute approximate surface area is 43.5 Å². The monoisotopic (exact) mass is 107 g/mol. The minimum absolute atomic E-state index is 0.102. The summed E-state index contributed by atoms with van der Waals surface area (Å²) < 4.78 is 0. The summed E-state index contributed by atoms with van der Waals surface area (Å²) >= 11 is 5.49. The molecule has 2 N–H and O–H groups in total. The largest absolute Gasteiger partial charge is 0.327 e. The Morgan fingerprint density at radius 1 is 1.50 bits per heavy atom. The number of rotatable bonds is 1. The van der Waals surface area contributed by atoms with Gasteiger partial charge in [0.2, 0.25) is 0 Å². The molecule has 0 aromatic rings. The van der Waals surface area contributed by atoms with Gasteiger partial charge in [0.05, 0.1) is 0 Å². The zero-order valence-corrected chi connectivity index (χ0v) is 4.87. The van der Waals surface area contributed by atoms with Crippen molar-refractivity contribution in [3.05, 3.63) is 0 Å². The molecule has 0 fully saturated rings. The fraction of sp³-hybridized carbons (Fsp3) is 1.00. The van der Waals surface area contributed by atoms with E-state index in [4.69, 9.17) is 17.3 Å². The van der Waals surface area contributed by atoms with Crippen molar-refractivity contribution < 1.29 is 0 Å². The van der Waals surface area contributed by atoms with Crippen LogP contribution in [0, 0.1) is 0 Å². The molecule has 0 radical (unpaired) electrons. The Hall–Kier alpha value is 0.250. The summed E-state index contributed by atoms with van der Waals surface area (Å²) in [6, 6.07) is 0.117. The highest BCUT2D eigenvalue weighted by molar-refractivity contribution is 6.20. The smallest absolute Gasteiger partial charge is 0.0456 e. The molecule has 0 saturated carbocycles. The maximum Gasteiger partial charge on any atom is 0.0456 e. The lowest BCUT2D eigenvalue weighted by Gasteiger charge is -2.03. The average molecular weight is 108 g/mol. The number of hydrogen-bond acceptors (Lipinski definition) is 1. The topological polar surface area (TPSA) is 26.0 Å². The molecule has 0 aliphatic heterocycles. The molecule has 0 saturated heterocycles. The molecular weight excluding hydrogens is 97.5 g/mol. The lowest BCUT2D eigenvalue weighted by Crippen LogP contribution is -2.23. The lowest BCUT2D eigenvalue weighted by molar-refractivity contribution is 0.723. The molecule has 1 nitrogen and oxygen atoms in total. The molecule has 2 heteroatoms. The van der Waals surface area contributed by atoms with E-state index in [2.05, 4.69) is 0 Å². The summed E-state index contributed by atoms with van der Waals surface area (Å²) in [5, 5.41) is 0.102. The van der Waals surface area contributed by atoms with Crippen molar-refractivity contribution in [2.45, 2.75) is 25.3 Å². The fourth-order valence-corrected chi connectivity index (χ4v) is 0. The molecule has 0 unspecified atom stereocenters. The first kappa shape index (κ1) is 6.25. The van der Waals surface area contributed by atoms with E-state index in [-0.39, 0.29) is 11.4 Å². The van der Waals surface area contributed by atoms with E-state index in [1.807, 2.05) is 13.8 Å². The van der Waals surface area contributed by atoms with Gasteiger partial charge in [-0.3, -0.25) is 0 Å². The van der Waals surface area contributed by atoms with Gasteiger partial charge in [-0.1, -0.05) is 0 Å². The first-order chi connectivity index (χ1) is 2.64. The molecule has 6 heavy (non-hydrogen) atoms. The van der Waals surface area contributed by atoms with Gasteiger partial charge >= 0.3 is 0 Å². The minimum Gasteiger partial charge on any atom is -0.327 e. The molecule has 38 valence electrons. The number of nitrogens with two attached hydrogens (primary N) is 1. The normalized spacial score (nSPS) is 20.0. The van der Waals surface area contributed by atoms with Crippen LogP contribution in [0.15, 0.2) is 0 Å². The zero-order valence-electron chi connectivity index (χ0n) is 4.11. The van der Waals surface area contributed by atoms with Gasteiger partial charge in [0.1, 0.15) is 0 Å². The molecule has 0 spiro atoms. The summed E-state index contributed by atoms with van der Waals surface area (Å²) in [5.41, 5.74) is 5.30. The van der Waals surface area contributed by atoms with E-state index in [9.17, 15) is 0 Å². The maximum atomic E-state index is 5.49. The van der Waals surface area contributed by atoms with E-state index in [0.717, 1.165) is 0 Å². The summed E-state index contributed by atoms with van der Waals surface area (Å²) in [6.07, 6.45) is 0. The minimum atomic E-state index is 0.102. The van der Waals surface area contributed by atoms with E-state index in [1.165, 1.54) is 0 Å². The van der Waals surface area contributed by atoms with Crippen molar-refractivity contribution in [2.24, 2.45) is 5.73 Å². The molecule has 0 aromatic heterocycles. The SMILES string of the molecule is C[C@H](Cl)[C@@H](C)N. The highest BCUT2D eigenvalue weighted by Gasteiger charge is 1.98. The maximum absolute atomic E-state index is 5.49. The first-order valence-electron chi connectivity index (χ1n) is 2.04. The quantitative estimate of drug-likeness (QED) is 0.497. The Morgan fingerprint density at radius 3 is 1.67 bits per heavy atom. The van der Waals surface area contributed by atoms with Gasteiger partial charge in [0, 0.05) is 11.4 Å². The van der Waals surface area contributed by atoms with Crippen molar-refractivity contribution in [1.82, 2.24) is 0 Å². The lowest BCUT2D eigenvalue weighted by atomic mass is 10.3. The summed E-state index contributed by atoms with van der Waals surface area (Å²) in [6.45, 7) is 3.77. The second kappa shape index (κ2) is 2.43. The predicted octanol–water partition coefficient (Wildman–Crippen LogP) is 0.961. The van der Waals surface area contributed by atoms with Crippen LogP contribution in [0.25, 0.3) is 0 Å². The van der Waals surface area contributed by atoms with Gasteiger partial charge in [-0.15, -0.1) is 11.6 Å². The molecule has 0 heterocycles. The van der Waals surface area contributed by atoms with Gasteiger partial charge in [0.15, 0.2) is 0 Å². The zero-order chi connectivity index (χ0) is 5.15. The predicted molar refractivity (Wildman–Crippen MR) is 29.0 cm³/mol. The Balaban J connectivity index is 2.99. The van der Waals surface area contributed by atoms with Crippen LogP contribution in [-0.2, 0) is 0 Å². The third-order valence-corrected chi connectivity index (χ3v) is 1.12. The van der Waals surface area contributed by atoms with Crippen LogP contribution in [0.1, 0.15) is 13.8 Å². The van der Waals surface area contributed by atoms with Crippen LogP contribution < -0.4 is 5.73 Å². The second-order valence-corrected chi connectivity index (χ2v) is 2.23. The number of hydrogen-bond donors (Lipinski definition) is 1. The van der Waals surface area contributed by atoms with Crippen molar-refractivity contribution >= 4 is 11.6 Å². The van der Waals surface area contributed by atoms with E-state index >= 15 is 0 Å². The molecule has 0 aliphatic carbocycles. The Bertz CT molecular complexity index is 28.5. The molecule has 0 bridgehead atoms. The molecule has 0 amide bonds. The molecule has 0 rings (SSSR count). The highest BCUT2D eigenvalue weighted by Crippen LogP contribution is 1.95. The third kappa shape index (κ3) is 2.49. The van der Waals surface area contributed by atoms with Crippen molar-refractivity contribution in [2.75, 3.05) is 0 Å². The molecule has 0 aliphatic rings. The van der Waals surface area contributed by atoms with Gasteiger partial charge < -0.3 is 5.73 Å². The molecule has 2 atom stereocenters. The van der Waals surface area contributed by atoms with Crippen LogP contribution in [0.2, 0.25) is 0 Å². The van der Waals surface area contributed by atoms with E-state index < -0.39 is 0 Å². The third-order valence-electron chi connectivity index (χ3n) is 0.725. The standard InChI is InChI=1S/C4H10ClN/c1-3(5)4(2)6/h3-4H,6H2,1-2H3/t3-,4+/m0/s1. The number of alkyl halides is 1. The van der Waals surface area contributed by atoms with Crippen molar-refractivity contribution in [3.63, 3.8) is 0 Å². The van der Waals surface area contributed by atoms with E-state index in [1.54, 1.807) is 0 Å². The van der Waals surface area contributed by atoms with Gasteiger partial charge in [0.25, 0.3) is 0 Å². The first-order valence-corrected chi connectivity index (χ1v) is 2.48.